The molecule has 110 valence electrons. The van der Waals surface area contributed by atoms with E-state index in [1.54, 1.807) is 19.9 Å². The Morgan fingerprint density at radius 2 is 2.05 bits per heavy atom. The molecule has 6 heteroatoms. The standard InChI is InChI=1S/C15H15FN2O3/c1-8-6-9(2)17-14(13(8)15(19)20)18-11-5-4-10(16)7-12(11)21-3/h4-7H,1-3H3,(H,17,18)(H,19,20). The predicted molar refractivity (Wildman–Crippen MR) is 76.9 cm³/mol. The number of halogens is 1. The van der Waals surface area contributed by atoms with E-state index in [4.69, 9.17) is 4.74 Å². The Hall–Kier alpha value is -2.63. The number of benzene rings is 1. The van der Waals surface area contributed by atoms with Gasteiger partial charge in [0, 0.05) is 11.8 Å². The Morgan fingerprint density at radius 3 is 2.67 bits per heavy atom. The zero-order chi connectivity index (χ0) is 15.6. The van der Waals surface area contributed by atoms with E-state index in [-0.39, 0.29) is 17.1 Å². The largest absolute Gasteiger partial charge is 0.494 e. The molecule has 0 saturated carbocycles. The molecule has 1 heterocycles. The van der Waals surface area contributed by atoms with E-state index in [2.05, 4.69) is 10.3 Å². The van der Waals surface area contributed by atoms with Crippen molar-refractivity contribution in [1.82, 2.24) is 4.98 Å². The van der Waals surface area contributed by atoms with Crippen LogP contribution in [-0.4, -0.2) is 23.2 Å². The number of carboxylic acids is 1. The number of aryl methyl sites for hydroxylation is 2. The number of methoxy groups -OCH3 is 1. The Labute approximate surface area is 121 Å². The third-order valence-corrected chi connectivity index (χ3v) is 2.98. The zero-order valence-electron chi connectivity index (χ0n) is 11.9. The first-order valence-corrected chi connectivity index (χ1v) is 6.24. The van der Waals surface area contributed by atoms with E-state index in [1.165, 1.54) is 25.3 Å². The first-order chi connectivity index (χ1) is 9.92. The molecule has 2 aromatic rings. The normalized spacial score (nSPS) is 10.3. The second kappa shape index (κ2) is 5.78. The zero-order valence-corrected chi connectivity index (χ0v) is 11.9. The van der Waals surface area contributed by atoms with Crippen molar-refractivity contribution < 1.29 is 19.0 Å². The highest BCUT2D eigenvalue weighted by molar-refractivity contribution is 5.95. The average Bonchev–Trinajstić information content (AvgIpc) is 2.39. The monoisotopic (exact) mass is 290 g/mol. The van der Waals surface area contributed by atoms with Crippen LogP contribution in [0.4, 0.5) is 15.9 Å². The summed E-state index contributed by atoms with van der Waals surface area (Å²) in [4.78, 5) is 15.6. The lowest BCUT2D eigenvalue weighted by atomic mass is 10.1. The second-order valence-corrected chi connectivity index (χ2v) is 4.58. The van der Waals surface area contributed by atoms with Gasteiger partial charge in [-0.25, -0.2) is 14.2 Å². The lowest BCUT2D eigenvalue weighted by Crippen LogP contribution is -2.09. The van der Waals surface area contributed by atoms with Crippen LogP contribution in [0.25, 0.3) is 0 Å². The summed E-state index contributed by atoms with van der Waals surface area (Å²) < 4.78 is 18.3. The molecule has 0 aliphatic heterocycles. The smallest absolute Gasteiger partial charge is 0.339 e. The van der Waals surface area contributed by atoms with Crippen LogP contribution >= 0.6 is 0 Å². The van der Waals surface area contributed by atoms with Crippen molar-refractivity contribution in [2.45, 2.75) is 13.8 Å². The van der Waals surface area contributed by atoms with Gasteiger partial charge in [0.2, 0.25) is 0 Å². The van der Waals surface area contributed by atoms with E-state index in [1.807, 2.05) is 0 Å². The maximum Gasteiger partial charge on any atom is 0.339 e. The van der Waals surface area contributed by atoms with E-state index in [0.717, 1.165) is 0 Å². The van der Waals surface area contributed by atoms with Crippen molar-refractivity contribution in [2.24, 2.45) is 0 Å². The van der Waals surface area contributed by atoms with Crippen LogP contribution < -0.4 is 10.1 Å². The van der Waals surface area contributed by atoms with E-state index in [9.17, 15) is 14.3 Å². The van der Waals surface area contributed by atoms with Gasteiger partial charge in [-0.1, -0.05) is 0 Å². The third kappa shape index (κ3) is 3.10. The van der Waals surface area contributed by atoms with Crippen molar-refractivity contribution >= 4 is 17.5 Å². The summed E-state index contributed by atoms with van der Waals surface area (Å²) in [6.45, 7) is 3.47. The minimum atomic E-state index is -1.08. The van der Waals surface area contributed by atoms with Crippen LogP contribution in [0.15, 0.2) is 24.3 Å². The molecule has 0 radical (unpaired) electrons. The Kier molecular flexibility index (Phi) is 4.07. The molecule has 0 amide bonds. The van der Waals surface area contributed by atoms with E-state index >= 15 is 0 Å². The van der Waals surface area contributed by atoms with Crippen molar-refractivity contribution in [3.63, 3.8) is 0 Å². The summed E-state index contributed by atoms with van der Waals surface area (Å²) in [5.74, 6) is -1.05. The average molecular weight is 290 g/mol. The van der Waals surface area contributed by atoms with Crippen LogP contribution in [-0.2, 0) is 0 Å². The molecule has 5 nitrogen and oxygen atoms in total. The molecule has 0 fully saturated rings. The highest BCUT2D eigenvalue weighted by Gasteiger charge is 2.17. The molecule has 0 saturated heterocycles. The molecule has 0 aliphatic rings. The molecular weight excluding hydrogens is 275 g/mol. The number of rotatable bonds is 4. The van der Waals surface area contributed by atoms with Gasteiger partial charge in [0.15, 0.2) is 0 Å². The van der Waals surface area contributed by atoms with Gasteiger partial charge in [-0.05, 0) is 37.6 Å². The predicted octanol–water partition coefficient (Wildman–Crippen LogP) is 3.29. The SMILES string of the molecule is COc1cc(F)ccc1Nc1nc(C)cc(C)c1C(=O)O. The quantitative estimate of drug-likeness (QED) is 0.904. The van der Waals surface area contributed by atoms with Gasteiger partial charge in [0.1, 0.15) is 22.9 Å². The number of ether oxygens (including phenoxy) is 1. The van der Waals surface area contributed by atoms with Crippen LogP contribution in [0.5, 0.6) is 5.75 Å². The van der Waals surface area contributed by atoms with E-state index < -0.39 is 11.8 Å². The van der Waals surface area contributed by atoms with Crippen molar-refractivity contribution in [3.8, 4) is 5.75 Å². The maximum atomic E-state index is 13.2. The number of pyridine rings is 1. The van der Waals surface area contributed by atoms with Crippen molar-refractivity contribution in [2.75, 3.05) is 12.4 Å². The maximum absolute atomic E-state index is 13.2. The highest BCUT2D eigenvalue weighted by Crippen LogP contribution is 2.30. The highest BCUT2D eigenvalue weighted by atomic mass is 19.1. The van der Waals surface area contributed by atoms with Crippen LogP contribution in [0.3, 0.4) is 0 Å². The minimum Gasteiger partial charge on any atom is -0.494 e. The van der Waals surface area contributed by atoms with Crippen molar-refractivity contribution in [1.29, 1.82) is 0 Å². The lowest BCUT2D eigenvalue weighted by molar-refractivity contribution is 0.0697. The minimum absolute atomic E-state index is 0.0759. The number of hydrogen-bond donors (Lipinski definition) is 2. The number of hydrogen-bond acceptors (Lipinski definition) is 4. The van der Waals surface area contributed by atoms with Gasteiger partial charge in [0.05, 0.1) is 12.8 Å². The summed E-state index contributed by atoms with van der Waals surface area (Å²) >= 11 is 0. The molecule has 21 heavy (non-hydrogen) atoms. The van der Waals surface area contributed by atoms with Crippen LogP contribution in [0.2, 0.25) is 0 Å². The number of anilines is 2. The fourth-order valence-electron chi connectivity index (χ4n) is 2.09. The molecule has 0 bridgehead atoms. The molecular formula is C15H15FN2O3. The molecule has 0 aliphatic carbocycles. The molecule has 1 aromatic heterocycles. The second-order valence-electron chi connectivity index (χ2n) is 4.58. The Bertz CT molecular complexity index is 702. The van der Waals surface area contributed by atoms with Gasteiger partial charge in [-0.2, -0.15) is 0 Å². The summed E-state index contributed by atoms with van der Waals surface area (Å²) in [5, 5.41) is 12.2. The number of carbonyl (C=O) groups is 1. The van der Waals surface area contributed by atoms with Crippen LogP contribution in [0, 0.1) is 19.7 Å². The molecule has 2 N–H and O–H groups in total. The molecule has 0 atom stereocenters. The topological polar surface area (TPSA) is 71.5 Å². The summed E-state index contributed by atoms with van der Waals surface area (Å²) in [6.07, 6.45) is 0. The summed E-state index contributed by atoms with van der Waals surface area (Å²) in [5.41, 5.74) is 1.80. The summed E-state index contributed by atoms with van der Waals surface area (Å²) in [7, 11) is 1.41. The first-order valence-electron chi connectivity index (χ1n) is 6.24. The van der Waals surface area contributed by atoms with Gasteiger partial charge >= 0.3 is 5.97 Å². The fraction of sp³-hybridized carbons (Fsp3) is 0.200. The first kappa shape index (κ1) is 14.8. The van der Waals surface area contributed by atoms with Crippen molar-refractivity contribution in [3.05, 3.63) is 46.9 Å². The third-order valence-electron chi connectivity index (χ3n) is 2.98. The Balaban J connectivity index is 2.51. The number of aromatic nitrogens is 1. The van der Waals surface area contributed by atoms with Gasteiger partial charge < -0.3 is 15.2 Å². The fourth-order valence-corrected chi connectivity index (χ4v) is 2.09. The molecule has 0 spiro atoms. The molecule has 1 aromatic carbocycles. The number of nitrogens with zero attached hydrogens (tertiary/aromatic N) is 1. The molecule has 0 unspecified atom stereocenters. The lowest BCUT2D eigenvalue weighted by Gasteiger charge is -2.14. The van der Waals surface area contributed by atoms with Gasteiger partial charge in [0.25, 0.3) is 0 Å². The summed E-state index contributed by atoms with van der Waals surface area (Å²) in [6, 6.07) is 5.63. The van der Waals surface area contributed by atoms with E-state index in [0.29, 0.717) is 16.9 Å². The van der Waals surface area contributed by atoms with Gasteiger partial charge in [-0.15, -0.1) is 0 Å². The Morgan fingerprint density at radius 1 is 1.33 bits per heavy atom. The van der Waals surface area contributed by atoms with Gasteiger partial charge in [-0.3, -0.25) is 0 Å². The number of nitrogens with one attached hydrogen (secondary N) is 1. The van der Waals surface area contributed by atoms with Crippen LogP contribution in [0.1, 0.15) is 21.6 Å². The number of aromatic carboxylic acids is 1. The number of carboxylic acid groups (broad SMARTS) is 1. The molecule has 2 rings (SSSR count).